The van der Waals surface area contributed by atoms with Gasteiger partial charge in [0.05, 0.1) is 6.54 Å². The Hall–Kier alpha value is -1.29. The first-order valence-corrected chi connectivity index (χ1v) is 6.86. The van der Waals surface area contributed by atoms with Gasteiger partial charge >= 0.3 is 0 Å². The van der Waals surface area contributed by atoms with E-state index in [1.807, 2.05) is 29.1 Å². The summed E-state index contributed by atoms with van der Waals surface area (Å²) >= 11 is 3.49. The molecule has 96 valence electrons. The topological polar surface area (TPSA) is 27.1 Å². The van der Waals surface area contributed by atoms with E-state index in [1.165, 1.54) is 5.56 Å². The van der Waals surface area contributed by atoms with Crippen LogP contribution >= 0.6 is 15.9 Å². The van der Waals surface area contributed by atoms with Crippen LogP contribution in [0.3, 0.4) is 0 Å². The van der Waals surface area contributed by atoms with E-state index in [0.29, 0.717) is 12.5 Å². The molecule has 0 aliphatic carbocycles. The molecule has 0 unspecified atom stereocenters. The molecule has 0 saturated heterocycles. The molecule has 3 nitrogen and oxygen atoms in total. The molecule has 2 rings (SSSR count). The minimum Gasteiger partial charge on any atom is -0.491 e. The summed E-state index contributed by atoms with van der Waals surface area (Å²) in [4.78, 5) is 0. The molecule has 0 radical (unpaired) electrons. The molecule has 18 heavy (non-hydrogen) atoms. The maximum atomic E-state index is 5.85. The Kier molecular flexibility index (Phi) is 4.42. The summed E-state index contributed by atoms with van der Waals surface area (Å²) in [5.74, 6) is 1.41. The van der Waals surface area contributed by atoms with Gasteiger partial charge < -0.3 is 4.74 Å². The standard InChI is InChI=1S/C14H17BrN2O/c1-11(2)13-10-12(15)4-5-14(13)18-9-8-17-7-3-6-16-17/h3-7,10-11H,8-9H2,1-2H3. The van der Waals surface area contributed by atoms with Crippen LogP contribution in [0.5, 0.6) is 5.75 Å². The molecular formula is C14H17BrN2O. The van der Waals surface area contributed by atoms with Crippen molar-refractivity contribution in [2.24, 2.45) is 0 Å². The second kappa shape index (κ2) is 6.05. The third-order valence-electron chi connectivity index (χ3n) is 2.73. The Bertz CT molecular complexity index is 495. The van der Waals surface area contributed by atoms with Crippen LogP contribution in [0.25, 0.3) is 0 Å². The predicted molar refractivity (Wildman–Crippen MR) is 76.0 cm³/mol. The number of nitrogens with zero attached hydrogens (tertiary/aromatic N) is 2. The monoisotopic (exact) mass is 308 g/mol. The molecule has 1 heterocycles. The van der Waals surface area contributed by atoms with Crippen LogP contribution in [-0.2, 0) is 6.54 Å². The van der Waals surface area contributed by atoms with Gasteiger partial charge in [0.1, 0.15) is 12.4 Å². The highest BCUT2D eigenvalue weighted by Gasteiger charge is 2.08. The van der Waals surface area contributed by atoms with Crippen molar-refractivity contribution in [3.05, 3.63) is 46.7 Å². The largest absolute Gasteiger partial charge is 0.491 e. The van der Waals surface area contributed by atoms with E-state index >= 15 is 0 Å². The number of aromatic nitrogens is 2. The summed E-state index contributed by atoms with van der Waals surface area (Å²) in [6.45, 7) is 5.73. The third-order valence-corrected chi connectivity index (χ3v) is 3.22. The number of hydrogen-bond donors (Lipinski definition) is 0. The molecule has 1 aromatic carbocycles. The zero-order valence-corrected chi connectivity index (χ0v) is 12.2. The summed E-state index contributed by atoms with van der Waals surface area (Å²) < 4.78 is 8.80. The zero-order chi connectivity index (χ0) is 13.0. The lowest BCUT2D eigenvalue weighted by atomic mass is 10.0. The van der Waals surface area contributed by atoms with Crippen LogP contribution in [0.2, 0.25) is 0 Å². The van der Waals surface area contributed by atoms with E-state index < -0.39 is 0 Å². The van der Waals surface area contributed by atoms with Crippen molar-refractivity contribution in [2.75, 3.05) is 6.61 Å². The van der Waals surface area contributed by atoms with E-state index in [0.717, 1.165) is 16.8 Å². The van der Waals surface area contributed by atoms with Gasteiger partial charge in [-0.3, -0.25) is 4.68 Å². The van der Waals surface area contributed by atoms with Gasteiger partial charge in [0, 0.05) is 16.9 Å². The van der Waals surface area contributed by atoms with E-state index in [1.54, 1.807) is 6.20 Å². The van der Waals surface area contributed by atoms with Gasteiger partial charge in [-0.2, -0.15) is 5.10 Å². The van der Waals surface area contributed by atoms with Crippen molar-refractivity contribution < 1.29 is 4.74 Å². The van der Waals surface area contributed by atoms with Gasteiger partial charge in [-0.15, -0.1) is 0 Å². The minimum atomic E-state index is 0.446. The number of ether oxygens (including phenoxy) is 1. The van der Waals surface area contributed by atoms with Gasteiger partial charge in [0.25, 0.3) is 0 Å². The highest BCUT2D eigenvalue weighted by Crippen LogP contribution is 2.29. The van der Waals surface area contributed by atoms with Crippen molar-refractivity contribution in [1.82, 2.24) is 9.78 Å². The summed E-state index contributed by atoms with van der Waals surface area (Å²) in [6.07, 6.45) is 3.72. The first-order chi connectivity index (χ1) is 8.66. The van der Waals surface area contributed by atoms with Gasteiger partial charge in [0.2, 0.25) is 0 Å². The van der Waals surface area contributed by atoms with Crippen molar-refractivity contribution in [3.8, 4) is 5.75 Å². The fraction of sp³-hybridized carbons (Fsp3) is 0.357. The molecule has 0 N–H and O–H groups in total. The average Bonchev–Trinajstić information content (AvgIpc) is 2.84. The van der Waals surface area contributed by atoms with Gasteiger partial charge in [0.15, 0.2) is 0 Å². The Morgan fingerprint density at radius 3 is 2.89 bits per heavy atom. The number of halogens is 1. The van der Waals surface area contributed by atoms with Crippen LogP contribution in [0, 0.1) is 0 Å². The number of benzene rings is 1. The molecule has 1 aromatic heterocycles. The van der Waals surface area contributed by atoms with E-state index in [4.69, 9.17) is 4.74 Å². The molecule has 0 atom stereocenters. The second-order valence-corrected chi connectivity index (χ2v) is 5.37. The van der Waals surface area contributed by atoms with Crippen LogP contribution in [-0.4, -0.2) is 16.4 Å². The molecule has 0 aliphatic rings. The predicted octanol–water partition coefficient (Wildman–Crippen LogP) is 3.85. The lowest BCUT2D eigenvalue weighted by Gasteiger charge is -2.14. The molecule has 0 fully saturated rings. The average molecular weight is 309 g/mol. The smallest absolute Gasteiger partial charge is 0.122 e. The van der Waals surface area contributed by atoms with E-state index in [9.17, 15) is 0 Å². The first kappa shape index (κ1) is 13.1. The fourth-order valence-electron chi connectivity index (χ4n) is 1.78. The Labute approximate surface area is 116 Å². The quantitative estimate of drug-likeness (QED) is 0.839. The zero-order valence-electron chi connectivity index (χ0n) is 10.6. The SMILES string of the molecule is CC(C)c1cc(Br)ccc1OCCn1cccn1. The summed E-state index contributed by atoms with van der Waals surface area (Å²) in [6, 6.07) is 8.06. The number of rotatable bonds is 5. The molecular weight excluding hydrogens is 292 g/mol. The molecule has 0 bridgehead atoms. The Balaban J connectivity index is 2.00. The molecule has 0 spiro atoms. The van der Waals surface area contributed by atoms with Crippen LogP contribution in [0.15, 0.2) is 41.1 Å². The molecule has 0 amide bonds. The normalized spacial score (nSPS) is 10.9. The van der Waals surface area contributed by atoms with Gasteiger partial charge in [-0.05, 0) is 35.7 Å². The van der Waals surface area contributed by atoms with Gasteiger partial charge in [-0.25, -0.2) is 0 Å². The Morgan fingerprint density at radius 2 is 2.22 bits per heavy atom. The molecule has 0 saturated carbocycles. The Morgan fingerprint density at radius 1 is 1.39 bits per heavy atom. The second-order valence-electron chi connectivity index (χ2n) is 4.45. The van der Waals surface area contributed by atoms with Crippen molar-refractivity contribution >= 4 is 15.9 Å². The lowest BCUT2D eigenvalue weighted by molar-refractivity contribution is 0.287. The van der Waals surface area contributed by atoms with Crippen molar-refractivity contribution in [1.29, 1.82) is 0 Å². The van der Waals surface area contributed by atoms with E-state index in [-0.39, 0.29) is 0 Å². The first-order valence-electron chi connectivity index (χ1n) is 6.06. The van der Waals surface area contributed by atoms with E-state index in [2.05, 4.69) is 40.9 Å². The third kappa shape index (κ3) is 3.35. The maximum absolute atomic E-state index is 5.85. The van der Waals surface area contributed by atoms with Crippen LogP contribution in [0.4, 0.5) is 0 Å². The summed E-state index contributed by atoms with van der Waals surface area (Å²) in [7, 11) is 0. The maximum Gasteiger partial charge on any atom is 0.122 e. The van der Waals surface area contributed by atoms with Crippen LogP contribution < -0.4 is 4.74 Å². The highest BCUT2D eigenvalue weighted by atomic mass is 79.9. The number of hydrogen-bond acceptors (Lipinski definition) is 2. The summed E-state index contributed by atoms with van der Waals surface area (Å²) in [5.41, 5.74) is 1.23. The molecule has 2 aromatic rings. The molecule has 4 heteroatoms. The van der Waals surface area contributed by atoms with Gasteiger partial charge in [-0.1, -0.05) is 29.8 Å². The molecule has 0 aliphatic heterocycles. The highest BCUT2D eigenvalue weighted by molar-refractivity contribution is 9.10. The lowest BCUT2D eigenvalue weighted by Crippen LogP contribution is -2.09. The minimum absolute atomic E-state index is 0.446. The summed E-state index contributed by atoms with van der Waals surface area (Å²) in [5, 5.41) is 4.15. The van der Waals surface area contributed by atoms with Crippen molar-refractivity contribution in [2.45, 2.75) is 26.3 Å². The van der Waals surface area contributed by atoms with Crippen molar-refractivity contribution in [3.63, 3.8) is 0 Å². The van der Waals surface area contributed by atoms with Crippen LogP contribution in [0.1, 0.15) is 25.3 Å². The fourth-order valence-corrected chi connectivity index (χ4v) is 2.16.